The third-order valence-electron chi connectivity index (χ3n) is 2.06. The van der Waals surface area contributed by atoms with Crippen LogP contribution in [0.1, 0.15) is 12.0 Å². The molecule has 0 aliphatic carbocycles. The quantitative estimate of drug-likeness (QED) is 0.596. The van der Waals surface area contributed by atoms with Gasteiger partial charge in [0.15, 0.2) is 0 Å². The summed E-state index contributed by atoms with van der Waals surface area (Å²) in [4.78, 5) is 11.3. The van der Waals surface area contributed by atoms with E-state index < -0.39 is 0 Å². The Balaban J connectivity index is 2.26. The molecule has 16 heavy (non-hydrogen) atoms. The molecule has 0 saturated heterocycles. The van der Waals surface area contributed by atoms with E-state index in [0.717, 1.165) is 10.0 Å². The van der Waals surface area contributed by atoms with E-state index in [2.05, 4.69) is 15.9 Å². The number of aryl methyl sites for hydroxylation is 1. The molecule has 1 aromatic rings. The average Bonchev–Trinajstić information content (AvgIpc) is 2.27. The largest absolute Gasteiger partial charge is 0.463 e. The molecule has 1 rings (SSSR count). The summed E-state index contributed by atoms with van der Waals surface area (Å²) in [7, 11) is 1.58. The highest BCUT2D eigenvalue weighted by Gasteiger charge is 2.03. The van der Waals surface area contributed by atoms with Gasteiger partial charge in [0, 0.05) is 18.0 Å². The zero-order chi connectivity index (χ0) is 11.8. The molecule has 0 heterocycles. The summed E-state index contributed by atoms with van der Waals surface area (Å²) in [5.41, 5.74) is 1.12. The fourth-order valence-corrected chi connectivity index (χ4v) is 1.70. The maximum Gasteiger partial charge on any atom is 0.306 e. The monoisotopic (exact) mass is 286 g/mol. The molecule has 0 atom stereocenters. The number of carbonyl (C=O) groups is 1. The number of methoxy groups -OCH3 is 1. The highest BCUT2D eigenvalue weighted by molar-refractivity contribution is 9.10. The molecular weight excluding hydrogens is 272 g/mol. The lowest BCUT2D eigenvalue weighted by atomic mass is 10.1. The Morgan fingerprint density at radius 2 is 2.19 bits per heavy atom. The van der Waals surface area contributed by atoms with Crippen molar-refractivity contribution in [1.82, 2.24) is 0 Å². The lowest BCUT2D eigenvalue weighted by Gasteiger charge is -2.04. The van der Waals surface area contributed by atoms with Crippen molar-refractivity contribution < 1.29 is 14.3 Å². The molecule has 0 bridgehead atoms. The van der Waals surface area contributed by atoms with Crippen LogP contribution in [0.4, 0.5) is 0 Å². The summed E-state index contributed by atoms with van der Waals surface area (Å²) in [6, 6.07) is 7.91. The van der Waals surface area contributed by atoms with Crippen LogP contribution in [0, 0.1) is 0 Å². The van der Waals surface area contributed by atoms with Crippen LogP contribution in [0.5, 0.6) is 0 Å². The maximum atomic E-state index is 11.3. The summed E-state index contributed by atoms with van der Waals surface area (Å²) in [6.45, 7) is 0.774. The number of rotatable bonds is 6. The SMILES string of the molecule is COCCOC(=O)CCc1cccc(Br)c1. The molecule has 0 aliphatic heterocycles. The summed E-state index contributed by atoms with van der Waals surface area (Å²) < 4.78 is 10.8. The molecule has 4 heteroatoms. The lowest BCUT2D eigenvalue weighted by Crippen LogP contribution is -2.10. The summed E-state index contributed by atoms with van der Waals surface area (Å²) >= 11 is 3.39. The Morgan fingerprint density at radius 3 is 2.88 bits per heavy atom. The summed E-state index contributed by atoms with van der Waals surface area (Å²) in [5, 5.41) is 0. The Labute approximate surface area is 104 Å². The molecule has 1 aromatic carbocycles. The first-order valence-electron chi connectivity index (χ1n) is 5.11. The van der Waals surface area contributed by atoms with Gasteiger partial charge in [-0.3, -0.25) is 4.79 Å². The topological polar surface area (TPSA) is 35.5 Å². The van der Waals surface area contributed by atoms with Crippen molar-refractivity contribution in [3.8, 4) is 0 Å². The van der Waals surface area contributed by atoms with Gasteiger partial charge in [0.05, 0.1) is 6.61 Å². The van der Waals surface area contributed by atoms with E-state index in [1.165, 1.54) is 0 Å². The minimum atomic E-state index is -0.183. The minimum absolute atomic E-state index is 0.183. The summed E-state index contributed by atoms with van der Waals surface area (Å²) in [5.74, 6) is -0.183. The van der Waals surface area contributed by atoms with Crippen LogP contribution in [0.25, 0.3) is 0 Å². The zero-order valence-electron chi connectivity index (χ0n) is 9.24. The second-order valence-electron chi connectivity index (χ2n) is 3.34. The van der Waals surface area contributed by atoms with Crippen molar-refractivity contribution in [2.24, 2.45) is 0 Å². The van der Waals surface area contributed by atoms with Gasteiger partial charge in [0.25, 0.3) is 0 Å². The van der Waals surface area contributed by atoms with Crippen LogP contribution in [-0.2, 0) is 20.7 Å². The molecule has 0 N–H and O–H groups in total. The van der Waals surface area contributed by atoms with E-state index in [-0.39, 0.29) is 5.97 Å². The third kappa shape index (κ3) is 5.28. The normalized spacial score (nSPS) is 10.1. The molecule has 0 amide bonds. The van der Waals surface area contributed by atoms with Crippen LogP contribution < -0.4 is 0 Å². The van der Waals surface area contributed by atoms with Gasteiger partial charge in [-0.15, -0.1) is 0 Å². The van der Waals surface area contributed by atoms with Crippen molar-refractivity contribution in [2.45, 2.75) is 12.8 Å². The smallest absolute Gasteiger partial charge is 0.306 e. The van der Waals surface area contributed by atoms with Gasteiger partial charge >= 0.3 is 5.97 Å². The Hall–Kier alpha value is -0.870. The van der Waals surface area contributed by atoms with Crippen molar-refractivity contribution in [3.63, 3.8) is 0 Å². The Morgan fingerprint density at radius 1 is 1.38 bits per heavy atom. The van der Waals surface area contributed by atoms with Crippen molar-refractivity contribution in [3.05, 3.63) is 34.3 Å². The third-order valence-corrected chi connectivity index (χ3v) is 2.55. The van der Waals surface area contributed by atoms with Gasteiger partial charge in [-0.1, -0.05) is 28.1 Å². The number of esters is 1. The molecule has 3 nitrogen and oxygen atoms in total. The van der Waals surface area contributed by atoms with Crippen molar-refractivity contribution >= 4 is 21.9 Å². The predicted molar refractivity (Wildman–Crippen MR) is 65.3 cm³/mol. The first-order chi connectivity index (χ1) is 7.72. The van der Waals surface area contributed by atoms with Gasteiger partial charge in [0.1, 0.15) is 6.61 Å². The molecule has 0 unspecified atom stereocenters. The first-order valence-corrected chi connectivity index (χ1v) is 5.90. The maximum absolute atomic E-state index is 11.3. The lowest BCUT2D eigenvalue weighted by molar-refractivity contribution is -0.144. The van der Waals surface area contributed by atoms with E-state index in [1.807, 2.05) is 24.3 Å². The standard InChI is InChI=1S/C12H15BrO3/c1-15-7-8-16-12(14)6-5-10-3-2-4-11(13)9-10/h2-4,9H,5-8H2,1H3. The molecule has 88 valence electrons. The number of hydrogen-bond donors (Lipinski definition) is 0. The Bertz CT molecular complexity index is 339. The fourth-order valence-electron chi connectivity index (χ4n) is 1.25. The molecule has 0 saturated carbocycles. The highest BCUT2D eigenvalue weighted by Crippen LogP contribution is 2.13. The molecular formula is C12H15BrO3. The van der Waals surface area contributed by atoms with Crippen LogP contribution in [0.2, 0.25) is 0 Å². The van der Waals surface area contributed by atoms with E-state index >= 15 is 0 Å². The highest BCUT2D eigenvalue weighted by atomic mass is 79.9. The van der Waals surface area contributed by atoms with E-state index in [0.29, 0.717) is 26.1 Å². The van der Waals surface area contributed by atoms with Gasteiger partial charge < -0.3 is 9.47 Å². The zero-order valence-corrected chi connectivity index (χ0v) is 10.8. The predicted octanol–water partition coefficient (Wildman–Crippen LogP) is 2.57. The second kappa shape index (κ2) is 7.41. The van der Waals surface area contributed by atoms with Gasteiger partial charge in [0.2, 0.25) is 0 Å². The number of carbonyl (C=O) groups excluding carboxylic acids is 1. The molecule has 0 spiro atoms. The van der Waals surface area contributed by atoms with E-state index in [4.69, 9.17) is 9.47 Å². The van der Waals surface area contributed by atoms with Crippen LogP contribution in [0.15, 0.2) is 28.7 Å². The number of hydrogen-bond acceptors (Lipinski definition) is 3. The van der Waals surface area contributed by atoms with Crippen molar-refractivity contribution in [2.75, 3.05) is 20.3 Å². The average molecular weight is 287 g/mol. The van der Waals surface area contributed by atoms with Gasteiger partial charge in [-0.05, 0) is 24.1 Å². The van der Waals surface area contributed by atoms with E-state index in [9.17, 15) is 4.79 Å². The van der Waals surface area contributed by atoms with Crippen LogP contribution >= 0.6 is 15.9 Å². The fraction of sp³-hybridized carbons (Fsp3) is 0.417. The van der Waals surface area contributed by atoms with Gasteiger partial charge in [-0.2, -0.15) is 0 Å². The number of halogens is 1. The number of benzene rings is 1. The van der Waals surface area contributed by atoms with Crippen LogP contribution in [-0.4, -0.2) is 26.3 Å². The van der Waals surface area contributed by atoms with Crippen LogP contribution in [0.3, 0.4) is 0 Å². The minimum Gasteiger partial charge on any atom is -0.463 e. The second-order valence-corrected chi connectivity index (χ2v) is 4.26. The first kappa shape index (κ1) is 13.2. The molecule has 0 aliphatic rings. The molecule has 0 fully saturated rings. The Kier molecular flexibility index (Phi) is 6.11. The van der Waals surface area contributed by atoms with Gasteiger partial charge in [-0.25, -0.2) is 0 Å². The van der Waals surface area contributed by atoms with Crippen molar-refractivity contribution in [1.29, 1.82) is 0 Å². The summed E-state index contributed by atoms with van der Waals surface area (Å²) in [6.07, 6.45) is 1.10. The molecule has 0 radical (unpaired) electrons. The molecule has 0 aromatic heterocycles. The number of ether oxygens (including phenoxy) is 2. The van der Waals surface area contributed by atoms with E-state index in [1.54, 1.807) is 7.11 Å².